The summed E-state index contributed by atoms with van der Waals surface area (Å²) in [5, 5.41) is 2.95. The van der Waals surface area contributed by atoms with E-state index in [-0.39, 0.29) is 24.6 Å². The van der Waals surface area contributed by atoms with Crippen LogP contribution in [0.25, 0.3) is 0 Å². The van der Waals surface area contributed by atoms with E-state index < -0.39 is 40.2 Å². The molecule has 1 N–H and O–H groups in total. The predicted octanol–water partition coefficient (Wildman–Crippen LogP) is 5.22. The molecule has 0 bridgehead atoms. The lowest BCUT2D eigenvalue weighted by Gasteiger charge is -2.34. The molecule has 3 aromatic carbocycles. The van der Waals surface area contributed by atoms with Gasteiger partial charge in [0.2, 0.25) is 21.8 Å². The molecule has 2 atom stereocenters. The molecule has 3 aromatic rings. The van der Waals surface area contributed by atoms with Gasteiger partial charge in [-0.2, -0.15) is 0 Å². The number of benzene rings is 3. The largest absolute Gasteiger partial charge is 0.352 e. The van der Waals surface area contributed by atoms with E-state index >= 15 is 0 Å². The average Bonchev–Trinajstić information content (AvgIpc) is 2.91. The summed E-state index contributed by atoms with van der Waals surface area (Å²) < 4.78 is 42.4. The molecule has 3 rings (SSSR count). The van der Waals surface area contributed by atoms with Gasteiger partial charge in [0, 0.05) is 29.0 Å². The molecule has 7 nitrogen and oxygen atoms in total. The molecular formula is C30H35BrFN3O4S. The van der Waals surface area contributed by atoms with Gasteiger partial charge in [0.05, 0.1) is 11.9 Å². The van der Waals surface area contributed by atoms with Crippen LogP contribution < -0.4 is 9.62 Å². The van der Waals surface area contributed by atoms with E-state index in [0.29, 0.717) is 12.1 Å². The van der Waals surface area contributed by atoms with Gasteiger partial charge in [-0.1, -0.05) is 71.4 Å². The number of carbonyl (C=O) groups is 2. The zero-order valence-electron chi connectivity index (χ0n) is 23.1. The number of halogens is 2. The molecule has 40 heavy (non-hydrogen) atoms. The fraction of sp³-hybridized carbons (Fsp3) is 0.333. The lowest BCUT2D eigenvalue weighted by molar-refractivity contribution is -0.140. The Bertz CT molecular complexity index is 1440. The van der Waals surface area contributed by atoms with Crippen LogP contribution in [0.1, 0.15) is 37.0 Å². The van der Waals surface area contributed by atoms with Gasteiger partial charge in [-0.3, -0.25) is 13.9 Å². The Morgan fingerprint density at radius 2 is 1.68 bits per heavy atom. The highest BCUT2D eigenvalue weighted by molar-refractivity contribution is 9.10. The quantitative estimate of drug-likeness (QED) is 0.297. The summed E-state index contributed by atoms with van der Waals surface area (Å²) >= 11 is 3.42. The molecule has 0 radical (unpaired) electrons. The van der Waals surface area contributed by atoms with Crippen LogP contribution in [-0.2, 0) is 32.6 Å². The number of hydrogen-bond donors (Lipinski definition) is 1. The Kier molecular flexibility index (Phi) is 10.9. The third-order valence-electron chi connectivity index (χ3n) is 6.68. The molecule has 0 saturated heterocycles. The molecule has 0 spiro atoms. The summed E-state index contributed by atoms with van der Waals surface area (Å²) in [5.41, 5.74) is 2.13. The SMILES string of the molecule is CC[C@@H](C)NC(=O)[C@@H](Cc1ccccc1)N(Cc1ccccc1F)C(=O)CN(c1ccc(Br)c(C)c1)S(C)(=O)=O. The van der Waals surface area contributed by atoms with Gasteiger partial charge in [0.1, 0.15) is 18.4 Å². The van der Waals surface area contributed by atoms with Gasteiger partial charge < -0.3 is 10.2 Å². The highest BCUT2D eigenvalue weighted by Gasteiger charge is 2.34. The molecule has 0 aliphatic rings. The van der Waals surface area contributed by atoms with E-state index in [1.54, 1.807) is 36.4 Å². The number of carbonyl (C=O) groups excluding carboxylic acids is 2. The lowest BCUT2D eigenvalue weighted by atomic mass is 10.0. The van der Waals surface area contributed by atoms with E-state index in [4.69, 9.17) is 0 Å². The predicted molar refractivity (Wildman–Crippen MR) is 160 cm³/mol. The monoisotopic (exact) mass is 631 g/mol. The van der Waals surface area contributed by atoms with Crippen LogP contribution in [0.2, 0.25) is 0 Å². The van der Waals surface area contributed by atoms with Crippen molar-refractivity contribution in [3.8, 4) is 0 Å². The molecule has 0 fully saturated rings. The van der Waals surface area contributed by atoms with Crippen molar-refractivity contribution in [3.05, 3.63) is 99.8 Å². The number of rotatable bonds is 12. The summed E-state index contributed by atoms with van der Waals surface area (Å²) in [5.74, 6) is -1.55. The number of nitrogens with one attached hydrogen (secondary N) is 1. The normalized spacial score (nSPS) is 12.8. The van der Waals surface area contributed by atoms with Crippen LogP contribution in [0.5, 0.6) is 0 Å². The number of sulfonamides is 1. The van der Waals surface area contributed by atoms with Crippen molar-refractivity contribution in [1.82, 2.24) is 10.2 Å². The smallest absolute Gasteiger partial charge is 0.244 e. The second kappa shape index (κ2) is 13.9. The number of nitrogens with zero attached hydrogens (tertiary/aromatic N) is 2. The van der Waals surface area contributed by atoms with Crippen LogP contribution >= 0.6 is 15.9 Å². The zero-order chi connectivity index (χ0) is 29.4. The maximum Gasteiger partial charge on any atom is 0.244 e. The van der Waals surface area contributed by atoms with Crippen molar-refractivity contribution in [2.24, 2.45) is 0 Å². The van der Waals surface area contributed by atoms with Crippen molar-refractivity contribution >= 4 is 43.5 Å². The van der Waals surface area contributed by atoms with Gasteiger partial charge in [-0.25, -0.2) is 12.8 Å². The fourth-order valence-corrected chi connectivity index (χ4v) is 5.29. The van der Waals surface area contributed by atoms with Crippen LogP contribution in [0.3, 0.4) is 0 Å². The Morgan fingerprint density at radius 1 is 1.02 bits per heavy atom. The summed E-state index contributed by atoms with van der Waals surface area (Å²) in [7, 11) is -3.89. The number of anilines is 1. The number of hydrogen-bond acceptors (Lipinski definition) is 4. The minimum atomic E-state index is -3.89. The second-order valence-electron chi connectivity index (χ2n) is 9.84. The third-order valence-corrected chi connectivity index (χ3v) is 8.71. The van der Waals surface area contributed by atoms with E-state index in [0.717, 1.165) is 26.2 Å². The van der Waals surface area contributed by atoms with Crippen LogP contribution in [0, 0.1) is 12.7 Å². The van der Waals surface area contributed by atoms with Crippen LogP contribution in [-0.4, -0.2) is 50.0 Å². The third kappa shape index (κ3) is 8.38. The first kappa shape index (κ1) is 31.3. The first-order valence-corrected chi connectivity index (χ1v) is 15.7. The Hall–Kier alpha value is -3.24. The topological polar surface area (TPSA) is 86.8 Å². The molecule has 0 heterocycles. The highest BCUT2D eigenvalue weighted by Crippen LogP contribution is 2.25. The van der Waals surface area contributed by atoms with Crippen molar-refractivity contribution in [2.75, 3.05) is 17.1 Å². The minimum Gasteiger partial charge on any atom is -0.352 e. The van der Waals surface area contributed by atoms with Crippen LogP contribution in [0.4, 0.5) is 10.1 Å². The van der Waals surface area contributed by atoms with E-state index in [1.807, 2.05) is 51.1 Å². The molecule has 0 aromatic heterocycles. The average molecular weight is 633 g/mol. The zero-order valence-corrected chi connectivity index (χ0v) is 25.5. The molecule has 214 valence electrons. The molecule has 10 heteroatoms. The van der Waals surface area contributed by atoms with Gasteiger partial charge in [0.15, 0.2) is 0 Å². The van der Waals surface area contributed by atoms with Crippen molar-refractivity contribution in [3.63, 3.8) is 0 Å². The summed E-state index contributed by atoms with van der Waals surface area (Å²) in [6.07, 6.45) is 1.87. The molecule has 0 saturated carbocycles. The maximum atomic E-state index is 14.8. The fourth-order valence-electron chi connectivity index (χ4n) is 4.20. The van der Waals surface area contributed by atoms with Gasteiger partial charge >= 0.3 is 0 Å². The molecule has 0 aliphatic carbocycles. The van der Waals surface area contributed by atoms with E-state index in [1.165, 1.54) is 11.0 Å². The minimum absolute atomic E-state index is 0.158. The van der Waals surface area contributed by atoms with E-state index in [9.17, 15) is 22.4 Å². The van der Waals surface area contributed by atoms with E-state index in [2.05, 4.69) is 21.2 Å². The van der Waals surface area contributed by atoms with Gasteiger partial charge in [-0.15, -0.1) is 0 Å². The number of aryl methyl sites for hydroxylation is 1. The first-order valence-electron chi connectivity index (χ1n) is 13.0. The first-order chi connectivity index (χ1) is 18.9. The Balaban J connectivity index is 2.08. The molecule has 0 aliphatic heterocycles. The molecule has 2 amide bonds. The van der Waals surface area contributed by atoms with Gasteiger partial charge in [-0.05, 0) is 55.7 Å². The second-order valence-corrected chi connectivity index (χ2v) is 12.6. The summed E-state index contributed by atoms with van der Waals surface area (Å²) in [6.45, 7) is 4.84. The van der Waals surface area contributed by atoms with Gasteiger partial charge in [0.25, 0.3) is 0 Å². The van der Waals surface area contributed by atoms with Crippen LogP contribution in [0.15, 0.2) is 77.3 Å². The Morgan fingerprint density at radius 3 is 2.27 bits per heavy atom. The van der Waals surface area contributed by atoms with Crippen molar-refractivity contribution < 1.29 is 22.4 Å². The lowest BCUT2D eigenvalue weighted by Crippen LogP contribution is -2.54. The van der Waals surface area contributed by atoms with Crippen molar-refractivity contribution in [2.45, 2.75) is 52.2 Å². The summed E-state index contributed by atoms with van der Waals surface area (Å²) in [4.78, 5) is 29.0. The highest BCUT2D eigenvalue weighted by atomic mass is 79.9. The summed E-state index contributed by atoms with van der Waals surface area (Å²) in [6, 6.07) is 19.1. The maximum absolute atomic E-state index is 14.8. The number of amides is 2. The molecule has 0 unspecified atom stereocenters. The van der Waals surface area contributed by atoms with Crippen molar-refractivity contribution in [1.29, 1.82) is 0 Å². The standard InChI is InChI=1S/C30H35BrFN3O4S/c1-5-22(3)33-30(37)28(18-23-11-7-6-8-12-23)34(19-24-13-9-10-14-27(24)32)29(36)20-35(40(4,38)39)25-15-16-26(31)21(2)17-25/h6-17,22,28H,5,18-20H2,1-4H3,(H,33,37)/t22-,28-/m1/s1. The Labute approximate surface area is 244 Å². The molecular weight excluding hydrogens is 597 g/mol.